The van der Waals surface area contributed by atoms with E-state index in [-0.39, 0.29) is 5.92 Å². The highest BCUT2D eigenvalue weighted by atomic mass is 16.5. The minimum absolute atomic E-state index is 0.279. The second-order valence-electron chi connectivity index (χ2n) is 3.16. The van der Waals surface area contributed by atoms with Crippen molar-refractivity contribution in [1.82, 2.24) is 0 Å². The molecular formula is C8H10O3. The first-order chi connectivity index (χ1) is 5.29. The molecule has 0 saturated heterocycles. The van der Waals surface area contributed by atoms with Gasteiger partial charge in [0.05, 0.1) is 18.4 Å². The van der Waals surface area contributed by atoms with Crippen LogP contribution in [-0.2, 0) is 9.53 Å². The molecule has 3 heteroatoms. The Hall–Kier alpha value is -0.990. The van der Waals surface area contributed by atoms with E-state index >= 15 is 0 Å². The first-order valence-electron chi connectivity index (χ1n) is 3.84. The lowest BCUT2D eigenvalue weighted by Gasteiger charge is -2.39. The summed E-state index contributed by atoms with van der Waals surface area (Å²) in [6, 6.07) is 0. The Morgan fingerprint density at radius 3 is 2.91 bits per heavy atom. The average Bonchev–Trinajstić information content (AvgIpc) is 1.90. The van der Waals surface area contributed by atoms with Crippen molar-refractivity contribution in [2.24, 2.45) is 11.8 Å². The smallest absolute Gasteiger partial charge is 0.334 e. The fraction of sp³-hybridized carbons (Fsp3) is 0.625. The molecule has 0 spiro atoms. The average molecular weight is 154 g/mol. The summed E-state index contributed by atoms with van der Waals surface area (Å²) in [4.78, 5) is 10.6. The Labute approximate surface area is 64.7 Å². The van der Waals surface area contributed by atoms with E-state index in [1.165, 1.54) is 6.26 Å². The van der Waals surface area contributed by atoms with Crippen molar-refractivity contribution in [3.8, 4) is 0 Å². The zero-order valence-corrected chi connectivity index (χ0v) is 6.12. The quantitative estimate of drug-likeness (QED) is 0.613. The Morgan fingerprint density at radius 2 is 2.45 bits per heavy atom. The number of carboxylic acids is 1. The number of fused-ring (bicyclic) bond motifs is 1. The summed E-state index contributed by atoms with van der Waals surface area (Å²) in [5.41, 5.74) is 0.465. The lowest BCUT2D eigenvalue weighted by molar-refractivity contribution is -0.135. The second-order valence-corrected chi connectivity index (χ2v) is 3.16. The molecule has 2 atom stereocenters. The number of carbonyl (C=O) groups is 1. The largest absolute Gasteiger partial charge is 0.500 e. The minimum atomic E-state index is -0.820. The van der Waals surface area contributed by atoms with Gasteiger partial charge in [0.15, 0.2) is 0 Å². The first-order valence-corrected chi connectivity index (χ1v) is 3.84. The van der Waals surface area contributed by atoms with E-state index in [0.717, 1.165) is 12.8 Å². The monoisotopic (exact) mass is 154 g/mol. The SMILES string of the molecule is O=C(O)C1=COCC2CCC12. The molecule has 1 N–H and O–H groups in total. The van der Waals surface area contributed by atoms with E-state index in [9.17, 15) is 4.79 Å². The van der Waals surface area contributed by atoms with Gasteiger partial charge in [-0.3, -0.25) is 0 Å². The number of aliphatic carboxylic acids is 1. The molecule has 3 nitrogen and oxygen atoms in total. The predicted octanol–water partition coefficient (Wildman–Crippen LogP) is 1.01. The van der Waals surface area contributed by atoms with Crippen LogP contribution < -0.4 is 0 Å². The van der Waals surface area contributed by atoms with Gasteiger partial charge in [-0.05, 0) is 12.8 Å². The third-order valence-corrected chi connectivity index (χ3v) is 2.58. The van der Waals surface area contributed by atoms with Crippen molar-refractivity contribution in [1.29, 1.82) is 0 Å². The van der Waals surface area contributed by atoms with Crippen molar-refractivity contribution >= 4 is 5.97 Å². The Bertz CT molecular complexity index is 219. The van der Waals surface area contributed by atoms with E-state index in [1.54, 1.807) is 0 Å². The Balaban J connectivity index is 2.18. The maximum absolute atomic E-state index is 10.6. The van der Waals surface area contributed by atoms with Crippen molar-refractivity contribution in [2.45, 2.75) is 12.8 Å². The zero-order chi connectivity index (χ0) is 7.84. The van der Waals surface area contributed by atoms with Crippen LogP contribution in [0.3, 0.4) is 0 Å². The van der Waals surface area contributed by atoms with Gasteiger partial charge in [-0.15, -0.1) is 0 Å². The Morgan fingerprint density at radius 1 is 1.64 bits per heavy atom. The highest BCUT2D eigenvalue weighted by Gasteiger charge is 2.39. The molecule has 2 unspecified atom stereocenters. The van der Waals surface area contributed by atoms with Crippen LogP contribution in [0, 0.1) is 11.8 Å². The molecule has 1 saturated carbocycles. The van der Waals surface area contributed by atoms with Crippen LogP contribution in [0.4, 0.5) is 0 Å². The number of hydrogen-bond acceptors (Lipinski definition) is 2. The lowest BCUT2D eigenvalue weighted by atomic mass is 9.69. The molecule has 0 radical (unpaired) electrons. The second kappa shape index (κ2) is 2.26. The van der Waals surface area contributed by atoms with Crippen LogP contribution in [0.15, 0.2) is 11.8 Å². The van der Waals surface area contributed by atoms with Crippen LogP contribution in [0.5, 0.6) is 0 Å². The standard InChI is InChI=1S/C8H10O3/c9-8(10)7-4-11-3-5-1-2-6(5)7/h4-6H,1-3H2,(H,9,10). The number of hydrogen-bond donors (Lipinski definition) is 1. The summed E-state index contributed by atoms with van der Waals surface area (Å²) in [5.74, 6) is -0.0632. The van der Waals surface area contributed by atoms with Crippen molar-refractivity contribution < 1.29 is 14.6 Å². The molecule has 2 aliphatic rings. The van der Waals surface area contributed by atoms with Gasteiger partial charge in [0.2, 0.25) is 0 Å². The molecule has 60 valence electrons. The van der Waals surface area contributed by atoms with Crippen LogP contribution >= 0.6 is 0 Å². The molecule has 2 rings (SSSR count). The molecule has 0 aromatic rings. The van der Waals surface area contributed by atoms with E-state index in [0.29, 0.717) is 18.1 Å². The number of ether oxygens (including phenoxy) is 1. The summed E-state index contributed by atoms with van der Waals surface area (Å²) in [6.07, 6.45) is 3.55. The van der Waals surface area contributed by atoms with Gasteiger partial charge in [0.25, 0.3) is 0 Å². The predicted molar refractivity (Wildman–Crippen MR) is 37.9 cm³/mol. The minimum Gasteiger partial charge on any atom is -0.500 e. The Kier molecular flexibility index (Phi) is 1.37. The molecule has 1 fully saturated rings. The molecular weight excluding hydrogens is 144 g/mol. The molecule has 0 amide bonds. The zero-order valence-electron chi connectivity index (χ0n) is 6.12. The van der Waals surface area contributed by atoms with E-state index in [1.807, 2.05) is 0 Å². The van der Waals surface area contributed by atoms with Gasteiger partial charge >= 0.3 is 5.97 Å². The maximum atomic E-state index is 10.6. The highest BCUT2D eigenvalue weighted by molar-refractivity contribution is 5.87. The molecule has 0 aromatic heterocycles. The van der Waals surface area contributed by atoms with Gasteiger partial charge in [-0.1, -0.05) is 0 Å². The van der Waals surface area contributed by atoms with E-state index in [2.05, 4.69) is 0 Å². The van der Waals surface area contributed by atoms with Crippen molar-refractivity contribution in [2.75, 3.05) is 6.61 Å². The highest BCUT2D eigenvalue weighted by Crippen LogP contribution is 2.42. The van der Waals surface area contributed by atoms with Crippen molar-refractivity contribution in [3.63, 3.8) is 0 Å². The summed E-state index contributed by atoms with van der Waals surface area (Å²) in [7, 11) is 0. The topological polar surface area (TPSA) is 46.5 Å². The molecule has 1 heterocycles. The van der Waals surface area contributed by atoms with E-state index in [4.69, 9.17) is 9.84 Å². The van der Waals surface area contributed by atoms with Crippen molar-refractivity contribution in [3.05, 3.63) is 11.8 Å². The van der Waals surface area contributed by atoms with Crippen LogP contribution in [0.25, 0.3) is 0 Å². The van der Waals surface area contributed by atoms with Gasteiger partial charge in [-0.2, -0.15) is 0 Å². The first kappa shape index (κ1) is 6.70. The van der Waals surface area contributed by atoms with Crippen LogP contribution in [0.1, 0.15) is 12.8 Å². The normalized spacial score (nSPS) is 34.4. The summed E-state index contributed by atoms with van der Waals surface area (Å²) in [5, 5.41) is 8.71. The van der Waals surface area contributed by atoms with Gasteiger partial charge in [-0.25, -0.2) is 4.79 Å². The molecule has 11 heavy (non-hydrogen) atoms. The summed E-state index contributed by atoms with van der Waals surface area (Å²) < 4.78 is 5.03. The summed E-state index contributed by atoms with van der Waals surface area (Å²) in [6.45, 7) is 0.710. The number of rotatable bonds is 1. The number of carboxylic acid groups (broad SMARTS) is 1. The van der Waals surface area contributed by atoms with Gasteiger partial charge in [0.1, 0.15) is 0 Å². The molecule has 0 bridgehead atoms. The fourth-order valence-electron chi connectivity index (χ4n) is 1.74. The third kappa shape index (κ3) is 0.914. The van der Waals surface area contributed by atoms with Crippen LogP contribution in [0.2, 0.25) is 0 Å². The molecule has 1 aliphatic heterocycles. The van der Waals surface area contributed by atoms with Gasteiger partial charge in [0, 0.05) is 11.8 Å². The third-order valence-electron chi connectivity index (χ3n) is 2.58. The van der Waals surface area contributed by atoms with Crippen LogP contribution in [-0.4, -0.2) is 17.7 Å². The maximum Gasteiger partial charge on any atom is 0.334 e. The molecule has 1 aliphatic carbocycles. The summed E-state index contributed by atoms with van der Waals surface area (Å²) >= 11 is 0. The van der Waals surface area contributed by atoms with Gasteiger partial charge < -0.3 is 9.84 Å². The molecule has 0 aromatic carbocycles. The van der Waals surface area contributed by atoms with E-state index < -0.39 is 5.97 Å². The fourth-order valence-corrected chi connectivity index (χ4v) is 1.74. The lowest BCUT2D eigenvalue weighted by Crippen LogP contribution is -2.36.